The molecular weight excluding hydrogens is 249 g/mol. The predicted octanol–water partition coefficient (Wildman–Crippen LogP) is 3.60. The monoisotopic (exact) mass is 259 g/mol. The van der Waals surface area contributed by atoms with Crippen molar-refractivity contribution in [2.45, 2.75) is 6.92 Å². The van der Waals surface area contributed by atoms with Crippen molar-refractivity contribution >= 4 is 11.5 Å². The quantitative estimate of drug-likeness (QED) is 0.480. The van der Waals surface area contributed by atoms with Gasteiger partial charge in [-0.2, -0.15) is 0 Å². The lowest BCUT2D eigenvalue weighted by Gasteiger charge is -2.05. The summed E-state index contributed by atoms with van der Waals surface area (Å²) in [6.07, 6.45) is 0. The van der Waals surface area contributed by atoms with Crippen molar-refractivity contribution < 1.29 is 14.1 Å². The van der Waals surface area contributed by atoms with Crippen LogP contribution in [0.15, 0.2) is 42.5 Å². The number of Topliss-reactive ketones (excluding diaryl/α,β-unsaturated/α-hetero) is 1. The van der Waals surface area contributed by atoms with E-state index in [0.717, 1.165) is 18.2 Å². The number of hydrogen-bond acceptors (Lipinski definition) is 3. The molecule has 0 aliphatic carbocycles. The Kier molecular flexibility index (Phi) is 3.37. The lowest BCUT2D eigenvalue weighted by Crippen LogP contribution is -1.95. The van der Waals surface area contributed by atoms with Crippen LogP contribution in [-0.4, -0.2) is 10.7 Å². The van der Waals surface area contributed by atoms with Crippen molar-refractivity contribution in [1.29, 1.82) is 0 Å². The number of nitro groups is 1. The van der Waals surface area contributed by atoms with Crippen LogP contribution in [0, 0.1) is 15.9 Å². The maximum atomic E-state index is 13.3. The summed E-state index contributed by atoms with van der Waals surface area (Å²) in [5.41, 5.74) is 0.838. The van der Waals surface area contributed by atoms with Crippen LogP contribution in [0.3, 0.4) is 0 Å². The molecule has 0 aliphatic heterocycles. The minimum Gasteiger partial charge on any atom is -0.295 e. The number of nitrogens with zero attached hydrogens (tertiary/aromatic N) is 1. The molecule has 5 heteroatoms. The van der Waals surface area contributed by atoms with Gasteiger partial charge in [0.1, 0.15) is 5.82 Å². The highest BCUT2D eigenvalue weighted by atomic mass is 19.1. The first-order valence-electron chi connectivity index (χ1n) is 5.54. The molecule has 0 aromatic heterocycles. The molecule has 0 unspecified atom stereocenters. The fourth-order valence-electron chi connectivity index (χ4n) is 1.80. The van der Waals surface area contributed by atoms with Crippen molar-refractivity contribution in [3.05, 3.63) is 64.0 Å². The Bertz CT molecular complexity index is 667. The highest BCUT2D eigenvalue weighted by molar-refractivity contribution is 5.95. The van der Waals surface area contributed by atoms with E-state index >= 15 is 0 Å². The molecule has 4 nitrogen and oxygen atoms in total. The highest BCUT2D eigenvalue weighted by Gasteiger charge is 2.16. The number of ketones is 1. The summed E-state index contributed by atoms with van der Waals surface area (Å²) in [6.45, 7) is 1.40. The van der Waals surface area contributed by atoms with Crippen LogP contribution < -0.4 is 0 Å². The van der Waals surface area contributed by atoms with Crippen LogP contribution in [0.25, 0.3) is 11.1 Å². The van der Waals surface area contributed by atoms with Crippen molar-refractivity contribution in [3.8, 4) is 11.1 Å². The van der Waals surface area contributed by atoms with Crippen LogP contribution in [-0.2, 0) is 0 Å². The number of halogens is 1. The van der Waals surface area contributed by atoms with Crippen molar-refractivity contribution in [2.75, 3.05) is 0 Å². The van der Waals surface area contributed by atoms with Gasteiger partial charge in [0, 0.05) is 11.6 Å². The molecular formula is C14H10FNO3. The topological polar surface area (TPSA) is 60.2 Å². The number of hydrogen-bond donors (Lipinski definition) is 0. The first-order valence-corrected chi connectivity index (χ1v) is 5.54. The maximum absolute atomic E-state index is 13.3. The summed E-state index contributed by atoms with van der Waals surface area (Å²) in [5, 5.41) is 10.9. The lowest BCUT2D eigenvalue weighted by molar-refractivity contribution is -0.384. The lowest BCUT2D eigenvalue weighted by atomic mass is 10.00. The van der Waals surface area contributed by atoms with Gasteiger partial charge in [-0.3, -0.25) is 14.9 Å². The van der Waals surface area contributed by atoms with E-state index in [9.17, 15) is 19.3 Å². The van der Waals surface area contributed by atoms with Gasteiger partial charge in [-0.1, -0.05) is 18.2 Å². The first-order chi connectivity index (χ1) is 8.99. The zero-order valence-corrected chi connectivity index (χ0v) is 10.1. The molecule has 0 bridgehead atoms. The van der Waals surface area contributed by atoms with Crippen LogP contribution in [0.4, 0.5) is 10.1 Å². The summed E-state index contributed by atoms with van der Waals surface area (Å²) in [7, 11) is 0. The van der Waals surface area contributed by atoms with Gasteiger partial charge in [0.15, 0.2) is 5.78 Å². The van der Waals surface area contributed by atoms with Crippen molar-refractivity contribution in [1.82, 2.24) is 0 Å². The number of rotatable bonds is 3. The summed E-state index contributed by atoms with van der Waals surface area (Å²) < 4.78 is 13.3. The zero-order valence-electron chi connectivity index (χ0n) is 10.1. The van der Waals surface area contributed by atoms with Gasteiger partial charge >= 0.3 is 0 Å². The summed E-state index contributed by atoms with van der Waals surface area (Å²) in [4.78, 5) is 21.7. The zero-order chi connectivity index (χ0) is 14.0. The molecule has 2 aromatic carbocycles. The molecule has 0 N–H and O–H groups in total. The Labute approximate surface area is 108 Å². The molecule has 96 valence electrons. The van der Waals surface area contributed by atoms with E-state index in [1.807, 2.05) is 0 Å². The Hall–Kier alpha value is -2.56. The van der Waals surface area contributed by atoms with E-state index in [1.165, 1.54) is 13.0 Å². The second kappa shape index (κ2) is 4.97. The molecule has 0 fully saturated rings. The maximum Gasteiger partial charge on any atom is 0.277 e. The van der Waals surface area contributed by atoms with Crippen LogP contribution in [0.1, 0.15) is 17.3 Å². The van der Waals surface area contributed by atoms with Crippen LogP contribution in [0.5, 0.6) is 0 Å². The Morgan fingerprint density at radius 3 is 2.58 bits per heavy atom. The molecule has 0 spiro atoms. The van der Waals surface area contributed by atoms with Gasteiger partial charge in [-0.15, -0.1) is 0 Å². The molecule has 0 saturated carbocycles. The second-order valence-corrected chi connectivity index (χ2v) is 4.06. The average Bonchev–Trinajstić information content (AvgIpc) is 2.38. The number of nitro benzene ring substituents is 1. The van der Waals surface area contributed by atoms with E-state index in [1.54, 1.807) is 18.2 Å². The minimum absolute atomic E-state index is 0.152. The fourth-order valence-corrected chi connectivity index (χ4v) is 1.80. The third kappa shape index (κ3) is 2.65. The van der Waals surface area contributed by atoms with Crippen molar-refractivity contribution in [3.63, 3.8) is 0 Å². The van der Waals surface area contributed by atoms with Gasteiger partial charge in [0.2, 0.25) is 0 Å². The van der Waals surface area contributed by atoms with E-state index in [-0.39, 0.29) is 17.0 Å². The van der Waals surface area contributed by atoms with E-state index in [0.29, 0.717) is 11.1 Å². The largest absolute Gasteiger partial charge is 0.295 e. The average molecular weight is 259 g/mol. The summed E-state index contributed by atoms with van der Waals surface area (Å²) in [5.74, 6) is -0.713. The predicted molar refractivity (Wildman–Crippen MR) is 68.5 cm³/mol. The number of carbonyl (C=O) groups is 1. The van der Waals surface area contributed by atoms with Gasteiger partial charge < -0.3 is 0 Å². The Balaban J connectivity index is 2.64. The van der Waals surface area contributed by atoms with E-state index < -0.39 is 10.7 Å². The molecule has 0 amide bonds. The molecule has 19 heavy (non-hydrogen) atoms. The van der Waals surface area contributed by atoms with Gasteiger partial charge in [0.25, 0.3) is 5.69 Å². The number of benzene rings is 2. The molecule has 0 radical (unpaired) electrons. The standard InChI is InChI=1S/C14H10FNO3/c1-9(17)10-3-2-4-11(7-10)13-8-12(15)5-6-14(13)16(18)19/h2-8H,1H3. The summed E-state index contributed by atoms with van der Waals surface area (Å²) in [6, 6.07) is 9.59. The second-order valence-electron chi connectivity index (χ2n) is 4.06. The van der Waals surface area contributed by atoms with Crippen molar-refractivity contribution in [2.24, 2.45) is 0 Å². The highest BCUT2D eigenvalue weighted by Crippen LogP contribution is 2.31. The van der Waals surface area contributed by atoms with Gasteiger partial charge in [-0.05, 0) is 30.7 Å². The molecule has 0 aliphatic rings. The number of carbonyl (C=O) groups excluding carboxylic acids is 1. The smallest absolute Gasteiger partial charge is 0.277 e. The normalized spacial score (nSPS) is 10.2. The molecule has 0 saturated heterocycles. The summed E-state index contributed by atoms with van der Waals surface area (Å²) >= 11 is 0. The Morgan fingerprint density at radius 1 is 1.21 bits per heavy atom. The molecule has 2 rings (SSSR count). The van der Waals surface area contributed by atoms with Gasteiger partial charge in [0.05, 0.1) is 10.5 Å². The van der Waals surface area contributed by atoms with Crippen LogP contribution in [0.2, 0.25) is 0 Å². The SMILES string of the molecule is CC(=O)c1cccc(-c2cc(F)ccc2[N+](=O)[O-])c1. The van der Waals surface area contributed by atoms with E-state index in [2.05, 4.69) is 0 Å². The molecule has 0 heterocycles. The molecule has 2 aromatic rings. The first kappa shape index (κ1) is 12.9. The fraction of sp³-hybridized carbons (Fsp3) is 0.0714. The Morgan fingerprint density at radius 2 is 1.95 bits per heavy atom. The third-order valence-corrected chi connectivity index (χ3v) is 2.74. The van der Waals surface area contributed by atoms with E-state index in [4.69, 9.17) is 0 Å². The van der Waals surface area contributed by atoms with Gasteiger partial charge in [-0.25, -0.2) is 4.39 Å². The minimum atomic E-state index is -0.574. The molecule has 0 atom stereocenters. The third-order valence-electron chi connectivity index (χ3n) is 2.74. The van der Waals surface area contributed by atoms with Crippen LogP contribution >= 0.6 is 0 Å².